The lowest BCUT2D eigenvalue weighted by molar-refractivity contribution is -0.161. The molecular formula is C30H33N5O5S. The van der Waals surface area contributed by atoms with Crippen LogP contribution < -0.4 is 5.14 Å². The SMILES string of the molecule is CCCC1(CCc2ccccc2)CC(O)=C(C(CC)c2ccccc2-c2nc(S(N)(=O)=O)c3[nH]cnc3n2)C(=O)O1. The Morgan fingerprint density at radius 3 is 2.49 bits per heavy atom. The van der Waals surface area contributed by atoms with Crippen molar-refractivity contribution in [2.45, 2.75) is 68.9 Å². The summed E-state index contributed by atoms with van der Waals surface area (Å²) in [5, 5.41) is 16.5. The van der Waals surface area contributed by atoms with Gasteiger partial charge in [-0.15, -0.1) is 0 Å². The highest BCUT2D eigenvalue weighted by molar-refractivity contribution is 7.89. The molecule has 3 heterocycles. The number of nitrogens with two attached hydrogens (primary N) is 1. The summed E-state index contributed by atoms with van der Waals surface area (Å²) >= 11 is 0. The number of H-pyrrole nitrogens is 1. The first kappa shape index (κ1) is 28.4. The van der Waals surface area contributed by atoms with Crippen molar-refractivity contribution in [1.29, 1.82) is 0 Å². The molecule has 4 N–H and O–H groups in total. The molecule has 214 valence electrons. The third kappa shape index (κ3) is 5.73. The second kappa shape index (κ2) is 11.4. The standard InChI is InChI=1S/C30H33N5O5S/c1-3-15-30(16-14-19-10-6-5-7-11-19)17-23(36)24(29(37)40-30)20(4-2)21-12-8-9-13-22(21)26-34-27-25(32-18-33-27)28(35-26)41(31,38)39/h5-13,18,20,36H,3-4,14-17H2,1-2H3,(H2,31,38,39)(H,32,33,34,35). The van der Waals surface area contributed by atoms with Crippen molar-refractivity contribution in [3.8, 4) is 11.4 Å². The van der Waals surface area contributed by atoms with E-state index in [4.69, 9.17) is 9.88 Å². The highest BCUT2D eigenvalue weighted by Crippen LogP contribution is 2.43. The van der Waals surface area contributed by atoms with Gasteiger partial charge in [0, 0.05) is 17.9 Å². The topological polar surface area (TPSA) is 161 Å². The maximum Gasteiger partial charge on any atom is 0.338 e. The summed E-state index contributed by atoms with van der Waals surface area (Å²) in [6.45, 7) is 3.94. The molecule has 11 heteroatoms. The molecule has 2 unspecified atom stereocenters. The minimum Gasteiger partial charge on any atom is -0.512 e. The van der Waals surface area contributed by atoms with Gasteiger partial charge < -0.3 is 14.8 Å². The number of fused-ring (bicyclic) bond motifs is 1. The van der Waals surface area contributed by atoms with Gasteiger partial charge in [0.15, 0.2) is 16.5 Å². The Bertz CT molecular complexity index is 1720. The molecule has 41 heavy (non-hydrogen) atoms. The Balaban J connectivity index is 1.54. The summed E-state index contributed by atoms with van der Waals surface area (Å²) in [6, 6.07) is 17.1. The molecule has 0 spiro atoms. The van der Waals surface area contributed by atoms with E-state index in [2.05, 4.69) is 19.9 Å². The quantitative estimate of drug-likeness (QED) is 0.174. The summed E-state index contributed by atoms with van der Waals surface area (Å²) < 4.78 is 30.8. The number of imidazole rings is 1. The van der Waals surface area contributed by atoms with E-state index in [1.54, 1.807) is 12.1 Å². The number of carbonyl (C=O) groups excluding carboxylic acids is 1. The third-order valence-corrected chi connectivity index (χ3v) is 8.44. The second-order valence-corrected chi connectivity index (χ2v) is 11.9. The number of cyclic esters (lactones) is 1. The normalized spacial score (nSPS) is 18.5. The predicted molar refractivity (Wildman–Crippen MR) is 154 cm³/mol. The zero-order valence-corrected chi connectivity index (χ0v) is 23.8. The van der Waals surface area contributed by atoms with E-state index in [1.165, 1.54) is 6.33 Å². The first-order valence-corrected chi connectivity index (χ1v) is 15.2. The van der Waals surface area contributed by atoms with Crippen LogP contribution in [0.1, 0.15) is 63.0 Å². The van der Waals surface area contributed by atoms with Gasteiger partial charge in [0.1, 0.15) is 16.9 Å². The molecule has 2 atom stereocenters. The monoisotopic (exact) mass is 575 g/mol. The van der Waals surface area contributed by atoms with Crippen LogP contribution in [0.4, 0.5) is 0 Å². The van der Waals surface area contributed by atoms with Crippen LogP contribution in [0.3, 0.4) is 0 Å². The molecule has 1 aliphatic rings. The zero-order chi connectivity index (χ0) is 29.2. The van der Waals surface area contributed by atoms with Gasteiger partial charge in [-0.25, -0.2) is 33.3 Å². The Kier molecular flexibility index (Phi) is 7.92. The first-order chi connectivity index (χ1) is 19.7. The van der Waals surface area contributed by atoms with Crippen LogP contribution in [0.5, 0.6) is 0 Å². The molecule has 0 fully saturated rings. The average Bonchev–Trinajstić information content (AvgIpc) is 3.42. The fourth-order valence-electron chi connectivity index (χ4n) is 5.74. The Morgan fingerprint density at radius 2 is 1.80 bits per heavy atom. The molecule has 0 radical (unpaired) electrons. The van der Waals surface area contributed by atoms with Crippen LogP contribution in [-0.4, -0.2) is 45.0 Å². The van der Waals surface area contributed by atoms with Gasteiger partial charge in [0.05, 0.1) is 11.9 Å². The van der Waals surface area contributed by atoms with Crippen molar-refractivity contribution in [3.05, 3.63) is 83.4 Å². The number of sulfonamides is 1. The van der Waals surface area contributed by atoms with Crippen molar-refractivity contribution in [2.75, 3.05) is 0 Å². The lowest BCUT2D eigenvalue weighted by atomic mass is 9.79. The molecule has 0 saturated heterocycles. The molecule has 4 aromatic rings. The zero-order valence-electron chi connectivity index (χ0n) is 23.0. The fraction of sp³-hybridized carbons (Fsp3) is 0.333. The Morgan fingerprint density at radius 1 is 1.07 bits per heavy atom. The number of aliphatic hydroxyl groups excluding tert-OH is 1. The van der Waals surface area contributed by atoms with Crippen LogP contribution in [0.25, 0.3) is 22.6 Å². The van der Waals surface area contributed by atoms with Crippen LogP contribution in [0.2, 0.25) is 0 Å². The number of ether oxygens (including phenoxy) is 1. The van der Waals surface area contributed by atoms with Crippen molar-refractivity contribution >= 4 is 27.2 Å². The number of rotatable bonds is 10. The van der Waals surface area contributed by atoms with E-state index in [1.807, 2.05) is 56.3 Å². The molecule has 10 nitrogen and oxygen atoms in total. The maximum atomic E-state index is 13.7. The molecule has 0 saturated carbocycles. The number of aryl methyl sites for hydroxylation is 1. The minimum atomic E-state index is -4.20. The summed E-state index contributed by atoms with van der Waals surface area (Å²) in [6.07, 6.45) is 4.74. The van der Waals surface area contributed by atoms with Crippen molar-refractivity contribution in [1.82, 2.24) is 19.9 Å². The number of aromatic amines is 1. The number of aromatic nitrogens is 4. The van der Waals surface area contributed by atoms with Crippen LogP contribution in [-0.2, 0) is 26.0 Å². The van der Waals surface area contributed by atoms with Gasteiger partial charge in [-0.1, -0.05) is 74.9 Å². The number of nitrogens with one attached hydrogen (secondary N) is 1. The van der Waals surface area contributed by atoms with E-state index in [9.17, 15) is 18.3 Å². The van der Waals surface area contributed by atoms with Crippen molar-refractivity contribution in [2.24, 2.45) is 5.14 Å². The fourth-order valence-corrected chi connectivity index (χ4v) is 6.39. The highest BCUT2D eigenvalue weighted by atomic mass is 32.2. The number of hydrogen-bond donors (Lipinski definition) is 3. The first-order valence-electron chi connectivity index (χ1n) is 13.7. The van der Waals surface area contributed by atoms with Gasteiger partial charge in [0.25, 0.3) is 10.0 Å². The summed E-state index contributed by atoms with van der Waals surface area (Å²) in [5.41, 5.74) is 1.93. The molecule has 0 bridgehead atoms. The van der Waals surface area contributed by atoms with Crippen LogP contribution in [0, 0.1) is 0 Å². The second-order valence-electron chi connectivity index (χ2n) is 10.4. The molecule has 0 amide bonds. The van der Waals surface area contributed by atoms with E-state index in [-0.39, 0.29) is 39.8 Å². The minimum absolute atomic E-state index is 0.0123. The predicted octanol–water partition coefficient (Wildman–Crippen LogP) is 5.09. The number of carbonyl (C=O) groups is 1. The van der Waals surface area contributed by atoms with Gasteiger partial charge in [-0.05, 0) is 36.8 Å². The van der Waals surface area contributed by atoms with Gasteiger partial charge in [-0.2, -0.15) is 0 Å². The third-order valence-electron chi connectivity index (χ3n) is 7.60. The Hall–Kier alpha value is -4.09. The number of benzene rings is 2. The summed E-state index contributed by atoms with van der Waals surface area (Å²) in [4.78, 5) is 29.3. The maximum absolute atomic E-state index is 13.7. The smallest absolute Gasteiger partial charge is 0.338 e. The van der Waals surface area contributed by atoms with E-state index in [0.29, 0.717) is 30.4 Å². The van der Waals surface area contributed by atoms with Gasteiger partial charge >= 0.3 is 5.97 Å². The van der Waals surface area contributed by atoms with Crippen LogP contribution >= 0.6 is 0 Å². The van der Waals surface area contributed by atoms with E-state index >= 15 is 0 Å². The molecule has 1 aliphatic heterocycles. The number of aliphatic hydroxyl groups is 1. The van der Waals surface area contributed by atoms with Crippen molar-refractivity contribution < 1.29 is 23.1 Å². The largest absolute Gasteiger partial charge is 0.512 e. The number of hydrogen-bond acceptors (Lipinski definition) is 8. The van der Waals surface area contributed by atoms with Crippen LogP contribution in [0.15, 0.2) is 77.3 Å². The van der Waals surface area contributed by atoms with Gasteiger partial charge in [0.2, 0.25) is 0 Å². The van der Waals surface area contributed by atoms with Gasteiger partial charge in [-0.3, -0.25) is 0 Å². The molecular weight excluding hydrogens is 542 g/mol. The summed E-state index contributed by atoms with van der Waals surface area (Å²) in [7, 11) is -4.20. The average molecular weight is 576 g/mol. The van der Waals surface area contributed by atoms with Crippen molar-refractivity contribution in [3.63, 3.8) is 0 Å². The molecule has 2 aromatic carbocycles. The molecule has 5 rings (SSSR count). The van der Waals surface area contributed by atoms with E-state index < -0.39 is 27.5 Å². The Labute approximate surface area is 238 Å². The molecule has 0 aliphatic carbocycles. The number of esters is 1. The van der Waals surface area contributed by atoms with E-state index in [0.717, 1.165) is 18.4 Å². The summed E-state index contributed by atoms with van der Waals surface area (Å²) in [5.74, 6) is -0.997. The number of nitrogens with zero attached hydrogens (tertiary/aromatic N) is 3. The molecule has 2 aromatic heterocycles. The highest BCUT2D eigenvalue weighted by Gasteiger charge is 2.43. The lowest BCUT2D eigenvalue weighted by Crippen LogP contribution is -2.41. The lowest BCUT2D eigenvalue weighted by Gasteiger charge is -2.39. The number of primary sulfonamides is 1.